The third-order valence-corrected chi connectivity index (χ3v) is 2.36. The Bertz CT molecular complexity index is 604. The number of aromatic amines is 1. The number of benzene rings is 1. The van der Waals surface area contributed by atoms with Gasteiger partial charge in [-0.25, -0.2) is 17.9 Å². The average Bonchev–Trinajstić information content (AvgIpc) is 2.67. The molecule has 1 N–H and O–H groups in total. The summed E-state index contributed by atoms with van der Waals surface area (Å²) in [7, 11) is 0. The number of hydrogen-bond donors (Lipinski definition) is 1. The molecule has 2 aromatic rings. The Balaban J connectivity index is 2.77. The Labute approximate surface area is 92.7 Å². The summed E-state index contributed by atoms with van der Waals surface area (Å²) in [6.45, 7) is 1.30. The van der Waals surface area contributed by atoms with E-state index in [4.69, 9.17) is 12.2 Å². The zero-order valence-corrected chi connectivity index (χ0v) is 8.78. The molecule has 0 radical (unpaired) electrons. The molecule has 16 heavy (non-hydrogen) atoms. The van der Waals surface area contributed by atoms with Gasteiger partial charge in [-0.15, -0.1) is 0 Å². The van der Waals surface area contributed by atoms with Crippen LogP contribution in [0.3, 0.4) is 0 Å². The van der Waals surface area contributed by atoms with Gasteiger partial charge >= 0.3 is 0 Å². The van der Waals surface area contributed by atoms with Crippen molar-refractivity contribution in [2.45, 2.75) is 6.92 Å². The first-order valence-corrected chi connectivity index (χ1v) is 4.57. The third-order valence-electron chi connectivity index (χ3n) is 2.09. The second kappa shape index (κ2) is 3.71. The van der Waals surface area contributed by atoms with E-state index in [0.717, 1.165) is 10.7 Å². The smallest absolute Gasteiger partial charge is 0.209 e. The number of hydrogen-bond acceptors (Lipinski definition) is 3. The number of H-pyrrole nitrogens is 1. The molecule has 0 atom stereocenters. The van der Waals surface area contributed by atoms with Crippen LogP contribution in [0.4, 0.5) is 13.2 Å². The predicted octanol–water partition coefficient (Wildman–Crippen LogP) is 2.05. The second-order valence-electron chi connectivity index (χ2n) is 3.05. The van der Waals surface area contributed by atoms with Gasteiger partial charge in [0.25, 0.3) is 0 Å². The van der Waals surface area contributed by atoms with Crippen molar-refractivity contribution < 1.29 is 13.2 Å². The lowest BCUT2D eigenvalue weighted by molar-refractivity contribution is 0.442. The lowest BCUT2D eigenvalue weighted by atomic mass is 10.2. The van der Waals surface area contributed by atoms with Crippen LogP contribution >= 0.6 is 12.2 Å². The van der Waals surface area contributed by atoms with Gasteiger partial charge in [0.05, 0.1) is 5.69 Å². The predicted molar refractivity (Wildman–Crippen MR) is 51.2 cm³/mol. The number of nitrogens with one attached hydrogen (secondary N) is 1. The monoisotopic (exact) mass is 246 g/mol. The maximum Gasteiger partial charge on any atom is 0.242 e. The minimum absolute atomic E-state index is 0.00601. The molecule has 0 spiro atoms. The lowest BCUT2D eigenvalue weighted by Crippen LogP contribution is -2.05. The van der Waals surface area contributed by atoms with E-state index in [0.29, 0.717) is 0 Å². The number of tetrazole rings is 1. The molecule has 0 fully saturated rings. The number of halogens is 3. The molecule has 0 amide bonds. The van der Waals surface area contributed by atoms with Crippen LogP contribution in [0, 0.1) is 29.1 Å². The van der Waals surface area contributed by atoms with Crippen LogP contribution in [-0.4, -0.2) is 20.2 Å². The van der Waals surface area contributed by atoms with E-state index in [2.05, 4.69) is 15.5 Å². The molecule has 0 saturated heterocycles. The van der Waals surface area contributed by atoms with Gasteiger partial charge in [0.15, 0.2) is 17.5 Å². The minimum Gasteiger partial charge on any atom is -0.209 e. The van der Waals surface area contributed by atoms with Crippen molar-refractivity contribution >= 4 is 12.2 Å². The van der Waals surface area contributed by atoms with Gasteiger partial charge in [0.1, 0.15) is 0 Å². The molecule has 1 aromatic heterocycles. The highest BCUT2D eigenvalue weighted by molar-refractivity contribution is 7.71. The van der Waals surface area contributed by atoms with E-state index in [-0.39, 0.29) is 16.0 Å². The Morgan fingerprint density at radius 3 is 2.56 bits per heavy atom. The van der Waals surface area contributed by atoms with Gasteiger partial charge in [0.2, 0.25) is 4.77 Å². The molecule has 0 aliphatic heterocycles. The summed E-state index contributed by atoms with van der Waals surface area (Å²) in [5.74, 6) is -4.07. The van der Waals surface area contributed by atoms with E-state index in [1.807, 2.05) is 0 Å². The van der Waals surface area contributed by atoms with Crippen molar-refractivity contribution in [3.05, 3.63) is 33.9 Å². The van der Waals surface area contributed by atoms with E-state index in [9.17, 15) is 13.2 Å². The van der Waals surface area contributed by atoms with Gasteiger partial charge < -0.3 is 0 Å². The topological polar surface area (TPSA) is 46.5 Å². The van der Waals surface area contributed by atoms with E-state index in [1.54, 1.807) is 0 Å². The summed E-state index contributed by atoms with van der Waals surface area (Å²) in [6.07, 6.45) is 0. The molecule has 0 saturated carbocycles. The molecule has 2 rings (SSSR count). The third kappa shape index (κ3) is 1.51. The van der Waals surface area contributed by atoms with Crippen molar-refractivity contribution in [1.82, 2.24) is 20.2 Å². The summed E-state index contributed by atoms with van der Waals surface area (Å²) in [5.41, 5.74) is -0.0487. The molecule has 0 aliphatic carbocycles. The Morgan fingerprint density at radius 2 is 2.00 bits per heavy atom. The fourth-order valence-electron chi connectivity index (χ4n) is 1.26. The second-order valence-corrected chi connectivity index (χ2v) is 3.41. The van der Waals surface area contributed by atoms with Crippen molar-refractivity contribution in [2.75, 3.05) is 0 Å². The number of aromatic nitrogens is 4. The fourth-order valence-corrected chi connectivity index (χ4v) is 1.44. The molecule has 0 bridgehead atoms. The summed E-state index contributed by atoms with van der Waals surface area (Å²) >= 11 is 4.77. The number of rotatable bonds is 1. The van der Waals surface area contributed by atoms with Gasteiger partial charge in [0, 0.05) is 11.6 Å². The van der Waals surface area contributed by atoms with E-state index in [1.165, 1.54) is 6.92 Å². The number of nitrogens with zero attached hydrogens (tertiary/aromatic N) is 3. The normalized spacial score (nSPS) is 10.8. The van der Waals surface area contributed by atoms with Crippen LogP contribution in [0.2, 0.25) is 0 Å². The Kier molecular flexibility index (Phi) is 2.50. The van der Waals surface area contributed by atoms with Crippen molar-refractivity contribution in [3.63, 3.8) is 0 Å². The highest BCUT2D eigenvalue weighted by Gasteiger charge is 2.17. The Morgan fingerprint density at radius 1 is 1.31 bits per heavy atom. The standard InChI is InChI=1S/C8H5F3N4S/c1-3-5(15-8(16)12-13-14-15)2-4(9)7(11)6(3)10/h2H,1H3,(H,12,14,16). The maximum absolute atomic E-state index is 13.3. The fraction of sp³-hybridized carbons (Fsp3) is 0.125. The molecule has 8 heteroatoms. The molecule has 0 aliphatic rings. The largest absolute Gasteiger partial charge is 0.242 e. The quantitative estimate of drug-likeness (QED) is 0.618. The van der Waals surface area contributed by atoms with E-state index < -0.39 is 17.5 Å². The van der Waals surface area contributed by atoms with Gasteiger partial charge in [-0.3, -0.25) is 0 Å². The summed E-state index contributed by atoms with van der Waals surface area (Å²) < 4.78 is 40.2. The summed E-state index contributed by atoms with van der Waals surface area (Å²) in [6, 6.07) is 0.823. The first kappa shape index (κ1) is 10.8. The first-order valence-electron chi connectivity index (χ1n) is 4.17. The molecular weight excluding hydrogens is 241 g/mol. The SMILES string of the molecule is Cc1c(-n2[nH]nnc2=S)cc(F)c(F)c1F. The highest BCUT2D eigenvalue weighted by atomic mass is 32.1. The van der Waals surface area contributed by atoms with E-state index >= 15 is 0 Å². The minimum atomic E-state index is -1.51. The highest BCUT2D eigenvalue weighted by Crippen LogP contribution is 2.21. The van der Waals surface area contributed by atoms with Crippen LogP contribution in [0.1, 0.15) is 5.56 Å². The van der Waals surface area contributed by atoms with Crippen molar-refractivity contribution in [2.24, 2.45) is 0 Å². The average molecular weight is 246 g/mol. The maximum atomic E-state index is 13.3. The molecular formula is C8H5F3N4S. The summed E-state index contributed by atoms with van der Waals surface area (Å²) in [5, 5.41) is 9.15. The van der Waals surface area contributed by atoms with Crippen molar-refractivity contribution in [1.29, 1.82) is 0 Å². The van der Waals surface area contributed by atoms with Crippen LogP contribution in [0.5, 0.6) is 0 Å². The molecule has 1 aromatic carbocycles. The zero-order chi connectivity index (χ0) is 11.9. The Hall–Kier alpha value is -1.70. The van der Waals surface area contributed by atoms with Crippen LogP contribution in [0.25, 0.3) is 5.69 Å². The van der Waals surface area contributed by atoms with Gasteiger partial charge in [-0.05, 0) is 19.1 Å². The zero-order valence-electron chi connectivity index (χ0n) is 7.96. The molecule has 0 unspecified atom stereocenters. The van der Waals surface area contributed by atoms with Gasteiger partial charge in [-0.1, -0.05) is 10.3 Å². The van der Waals surface area contributed by atoms with Crippen LogP contribution < -0.4 is 0 Å². The lowest BCUT2D eigenvalue weighted by Gasteiger charge is -2.07. The van der Waals surface area contributed by atoms with Crippen LogP contribution in [0.15, 0.2) is 6.07 Å². The molecule has 84 valence electrons. The first-order chi connectivity index (χ1) is 7.52. The molecule has 1 heterocycles. The van der Waals surface area contributed by atoms with Crippen LogP contribution in [-0.2, 0) is 0 Å². The molecule has 4 nitrogen and oxygen atoms in total. The van der Waals surface area contributed by atoms with Gasteiger partial charge in [-0.2, -0.15) is 5.21 Å². The van der Waals surface area contributed by atoms with Crippen molar-refractivity contribution in [3.8, 4) is 5.69 Å². The summed E-state index contributed by atoms with van der Waals surface area (Å²) in [4.78, 5) is 0.